The van der Waals surface area contributed by atoms with E-state index in [9.17, 15) is 0 Å². The molecule has 0 aliphatic rings. The second-order valence-corrected chi connectivity index (χ2v) is 13.4. The van der Waals surface area contributed by atoms with E-state index in [1.54, 1.807) is 0 Å². The zero-order chi connectivity index (χ0) is 35.1. The molecule has 2 aromatic heterocycles. The number of benzene rings is 8. The van der Waals surface area contributed by atoms with Crippen molar-refractivity contribution in [3.05, 3.63) is 200 Å². The van der Waals surface area contributed by atoms with Gasteiger partial charge in [0.15, 0.2) is 5.82 Å². The number of hydrogen-bond acceptors (Lipinski definition) is 2. The summed E-state index contributed by atoms with van der Waals surface area (Å²) in [6.45, 7) is 0. The normalized spacial score (nSPS) is 11.4. The van der Waals surface area contributed by atoms with E-state index in [0.717, 1.165) is 33.8 Å². The van der Waals surface area contributed by atoms with E-state index in [0.29, 0.717) is 5.82 Å². The number of fused-ring (bicyclic) bond motifs is 5. The fraction of sp³-hybridized carbons (Fsp3) is 0. The first-order valence-electron chi connectivity index (χ1n) is 18.0. The van der Waals surface area contributed by atoms with E-state index in [1.807, 2.05) is 36.4 Å². The minimum atomic E-state index is 0.704. The molecule has 0 N–H and O–H groups in total. The summed E-state index contributed by atoms with van der Waals surface area (Å²) in [7, 11) is 0. The fourth-order valence-electron chi connectivity index (χ4n) is 7.59. The average molecular weight is 676 g/mol. The molecule has 3 nitrogen and oxygen atoms in total. The molecular formula is C50H33N3. The Kier molecular flexibility index (Phi) is 7.47. The monoisotopic (exact) mass is 675 g/mol. The predicted molar refractivity (Wildman–Crippen MR) is 221 cm³/mol. The van der Waals surface area contributed by atoms with Gasteiger partial charge in [0.25, 0.3) is 0 Å². The van der Waals surface area contributed by atoms with E-state index in [4.69, 9.17) is 9.97 Å². The van der Waals surface area contributed by atoms with Crippen molar-refractivity contribution in [1.82, 2.24) is 14.5 Å². The molecular weight excluding hydrogens is 643 g/mol. The molecule has 0 amide bonds. The highest BCUT2D eigenvalue weighted by Crippen LogP contribution is 2.39. The number of para-hydroxylation sites is 1. The van der Waals surface area contributed by atoms with Crippen molar-refractivity contribution in [2.75, 3.05) is 0 Å². The van der Waals surface area contributed by atoms with Gasteiger partial charge in [0, 0.05) is 33.2 Å². The van der Waals surface area contributed by atoms with E-state index in [-0.39, 0.29) is 0 Å². The Morgan fingerprint density at radius 2 is 0.830 bits per heavy atom. The van der Waals surface area contributed by atoms with Crippen LogP contribution in [-0.2, 0) is 0 Å². The van der Waals surface area contributed by atoms with Crippen LogP contribution in [0.25, 0.3) is 94.4 Å². The van der Waals surface area contributed by atoms with Crippen molar-refractivity contribution in [1.29, 1.82) is 0 Å². The number of nitrogens with zero attached hydrogens (tertiary/aromatic N) is 3. The van der Waals surface area contributed by atoms with Gasteiger partial charge in [0.1, 0.15) is 0 Å². The Hall–Kier alpha value is -7.10. The van der Waals surface area contributed by atoms with Crippen LogP contribution in [0.3, 0.4) is 0 Å². The molecule has 0 atom stereocenters. The van der Waals surface area contributed by atoms with Crippen LogP contribution in [0.2, 0.25) is 0 Å². The maximum atomic E-state index is 5.05. The summed E-state index contributed by atoms with van der Waals surface area (Å²) >= 11 is 0. The third kappa shape index (κ3) is 5.56. The summed E-state index contributed by atoms with van der Waals surface area (Å²) in [5, 5.41) is 4.98. The van der Waals surface area contributed by atoms with Gasteiger partial charge in [-0.3, -0.25) is 0 Å². The van der Waals surface area contributed by atoms with Gasteiger partial charge in [0.05, 0.1) is 22.4 Å². The van der Waals surface area contributed by atoms with Crippen LogP contribution in [0.5, 0.6) is 0 Å². The van der Waals surface area contributed by atoms with Crippen molar-refractivity contribution in [2.24, 2.45) is 0 Å². The summed E-state index contributed by atoms with van der Waals surface area (Å²) in [4.78, 5) is 10.1. The second-order valence-electron chi connectivity index (χ2n) is 13.4. The molecule has 0 unspecified atom stereocenters. The Labute approximate surface area is 308 Å². The molecule has 0 aliphatic heterocycles. The summed E-state index contributed by atoms with van der Waals surface area (Å²) in [5.74, 6) is 0.704. The summed E-state index contributed by atoms with van der Waals surface area (Å²) in [6.07, 6.45) is 0. The third-order valence-corrected chi connectivity index (χ3v) is 10.2. The maximum Gasteiger partial charge on any atom is 0.160 e. The Bertz CT molecular complexity index is 2840. The Balaban J connectivity index is 1.05. The van der Waals surface area contributed by atoms with Crippen molar-refractivity contribution in [3.63, 3.8) is 0 Å². The van der Waals surface area contributed by atoms with Gasteiger partial charge in [-0.2, -0.15) is 0 Å². The minimum Gasteiger partial charge on any atom is -0.309 e. The van der Waals surface area contributed by atoms with Gasteiger partial charge in [0.2, 0.25) is 0 Å². The molecule has 248 valence electrons. The number of hydrogen-bond donors (Lipinski definition) is 0. The van der Waals surface area contributed by atoms with E-state index >= 15 is 0 Å². The smallest absolute Gasteiger partial charge is 0.160 e. The van der Waals surface area contributed by atoms with Gasteiger partial charge in [-0.05, 0) is 81.6 Å². The van der Waals surface area contributed by atoms with E-state index < -0.39 is 0 Å². The first-order valence-corrected chi connectivity index (χ1v) is 18.0. The lowest BCUT2D eigenvalue weighted by Crippen LogP contribution is -1.97. The zero-order valence-corrected chi connectivity index (χ0v) is 28.9. The lowest BCUT2D eigenvalue weighted by atomic mass is 9.97. The molecule has 53 heavy (non-hydrogen) atoms. The Morgan fingerprint density at radius 1 is 0.321 bits per heavy atom. The molecule has 8 aromatic carbocycles. The molecule has 0 saturated heterocycles. The van der Waals surface area contributed by atoms with Crippen LogP contribution < -0.4 is 0 Å². The highest BCUT2D eigenvalue weighted by Gasteiger charge is 2.16. The van der Waals surface area contributed by atoms with E-state index in [1.165, 1.54) is 54.8 Å². The van der Waals surface area contributed by atoms with Crippen molar-refractivity contribution < 1.29 is 0 Å². The zero-order valence-electron chi connectivity index (χ0n) is 28.9. The first kappa shape index (κ1) is 30.7. The Morgan fingerprint density at radius 3 is 1.47 bits per heavy atom. The molecule has 0 aliphatic carbocycles. The van der Waals surface area contributed by atoms with Crippen LogP contribution in [-0.4, -0.2) is 14.5 Å². The molecule has 0 saturated carbocycles. The van der Waals surface area contributed by atoms with Crippen LogP contribution in [0.1, 0.15) is 0 Å². The van der Waals surface area contributed by atoms with Gasteiger partial charge in [-0.1, -0.05) is 152 Å². The molecule has 0 radical (unpaired) electrons. The molecule has 3 heteroatoms. The molecule has 0 spiro atoms. The second kappa shape index (κ2) is 12.9. The fourth-order valence-corrected chi connectivity index (χ4v) is 7.59. The third-order valence-electron chi connectivity index (χ3n) is 10.2. The number of rotatable bonds is 6. The van der Waals surface area contributed by atoms with Gasteiger partial charge < -0.3 is 4.57 Å². The van der Waals surface area contributed by atoms with Gasteiger partial charge in [-0.25, -0.2) is 9.97 Å². The van der Waals surface area contributed by atoms with Crippen LogP contribution in [0.4, 0.5) is 0 Å². The molecule has 10 aromatic rings. The van der Waals surface area contributed by atoms with Crippen LogP contribution in [0.15, 0.2) is 200 Å². The highest BCUT2D eigenvalue weighted by molar-refractivity contribution is 6.21. The maximum absolute atomic E-state index is 5.05. The summed E-state index contributed by atoms with van der Waals surface area (Å²) in [5.41, 5.74) is 13.2. The van der Waals surface area contributed by atoms with E-state index in [2.05, 4.69) is 168 Å². The molecule has 2 heterocycles. The van der Waals surface area contributed by atoms with Crippen molar-refractivity contribution in [3.8, 4) is 61.8 Å². The summed E-state index contributed by atoms with van der Waals surface area (Å²) < 4.78 is 2.38. The SMILES string of the molecule is c1ccc(-c2ccc(-c3ccc4c(ccc5c4c4ccccc4n5-c4ccc(-c5nc(-c6ccccc6)cc(-c6ccccc6)n5)cc4)c3)cc2)cc1. The largest absolute Gasteiger partial charge is 0.309 e. The van der Waals surface area contributed by atoms with Gasteiger partial charge in [-0.15, -0.1) is 0 Å². The molecule has 10 rings (SSSR count). The molecule has 0 fully saturated rings. The molecule has 0 bridgehead atoms. The first-order chi connectivity index (χ1) is 26.3. The standard InChI is InChI=1S/C50H33N3/c1-4-12-34(13-5-1)35-20-22-36(23-21-35)40-26-30-43-41(32-40)27-31-48-49(43)44-18-10-11-19-47(44)53(48)42-28-24-39(25-29-42)50-51-45(37-14-6-2-7-15-37)33-46(52-50)38-16-8-3-9-17-38/h1-33H. The average Bonchev–Trinajstić information content (AvgIpc) is 3.59. The van der Waals surface area contributed by atoms with Crippen molar-refractivity contribution >= 4 is 32.6 Å². The quantitative estimate of drug-likeness (QED) is 0.176. The van der Waals surface area contributed by atoms with Crippen molar-refractivity contribution in [2.45, 2.75) is 0 Å². The minimum absolute atomic E-state index is 0.704. The highest BCUT2D eigenvalue weighted by atomic mass is 15.0. The van der Waals surface area contributed by atoms with Crippen LogP contribution in [0, 0.1) is 0 Å². The predicted octanol–water partition coefficient (Wildman–Crippen LogP) is 13.1. The topological polar surface area (TPSA) is 30.7 Å². The number of aromatic nitrogens is 3. The lowest BCUT2D eigenvalue weighted by Gasteiger charge is -2.12. The van der Waals surface area contributed by atoms with Crippen LogP contribution >= 0.6 is 0 Å². The van der Waals surface area contributed by atoms with Gasteiger partial charge >= 0.3 is 0 Å². The summed E-state index contributed by atoms with van der Waals surface area (Å²) in [6, 6.07) is 70.9. The lowest BCUT2D eigenvalue weighted by molar-refractivity contribution is 1.16.